The summed E-state index contributed by atoms with van der Waals surface area (Å²) in [5, 5.41) is 174. The highest BCUT2D eigenvalue weighted by molar-refractivity contribution is 5.69. The smallest absolute Gasteiger partial charge is 0.306 e. The Hall–Kier alpha value is -1.33. The van der Waals surface area contributed by atoms with Crippen molar-refractivity contribution in [1.29, 1.82) is 0 Å². The molecule has 0 bridgehead atoms. The van der Waals surface area contributed by atoms with E-state index >= 15 is 0 Å². The second-order valence-corrected chi connectivity index (χ2v) is 10.1. The van der Waals surface area contributed by atoms with Crippen molar-refractivity contribution in [3.8, 4) is 0 Å². The molecular formula is C28H66O22. The zero-order valence-corrected chi connectivity index (χ0v) is 28.6. The zero-order valence-electron chi connectivity index (χ0n) is 28.6. The predicted molar refractivity (Wildman–Crippen MR) is 172 cm³/mol. The lowest BCUT2D eigenvalue weighted by Gasteiger charge is -2.10. The zero-order chi connectivity index (χ0) is 40.8. The number of hydrogen-bond acceptors (Lipinski definition) is 21. The molecule has 0 rings (SSSR count). The van der Waals surface area contributed by atoms with E-state index in [9.17, 15) is 4.79 Å². The van der Waals surface area contributed by atoms with Gasteiger partial charge in [0.25, 0.3) is 0 Å². The fraction of sp³-hybridized carbons (Fsp3) is 0.964. The maximum atomic E-state index is 10.4. The van der Waals surface area contributed by atoms with Crippen molar-refractivity contribution < 1.29 is 112 Å². The van der Waals surface area contributed by atoms with Gasteiger partial charge in [-0.05, 0) is 12.8 Å². The van der Waals surface area contributed by atoms with E-state index in [1.807, 2.05) is 6.92 Å². The van der Waals surface area contributed by atoms with Crippen LogP contribution in [0.5, 0.6) is 0 Å². The lowest BCUT2D eigenvalue weighted by Crippen LogP contribution is -2.31. The van der Waals surface area contributed by atoms with Gasteiger partial charge in [0.15, 0.2) is 0 Å². The van der Waals surface area contributed by atoms with Gasteiger partial charge in [0, 0.05) is 0 Å². The molecule has 50 heavy (non-hydrogen) atoms. The minimum atomic E-state index is -1.22. The molecule has 0 fully saturated rings. The van der Waals surface area contributed by atoms with Gasteiger partial charge >= 0.3 is 5.97 Å². The molecule has 0 aliphatic carbocycles. The molecule has 11 atom stereocenters. The van der Waals surface area contributed by atoms with Gasteiger partial charge in [-0.3, -0.25) is 4.79 Å². The lowest BCUT2D eigenvalue weighted by molar-refractivity contribution is -0.142. The molecule has 22 nitrogen and oxygen atoms in total. The number of aliphatic hydroxyl groups excluding tert-OH is 20. The van der Waals surface area contributed by atoms with Crippen LogP contribution in [0.2, 0.25) is 0 Å². The number of carboxylic acids is 1. The van der Waals surface area contributed by atoms with E-state index in [-0.39, 0.29) is 5.92 Å². The quantitative estimate of drug-likeness (QED) is 0.0548. The topological polar surface area (TPSA) is 442 Å². The van der Waals surface area contributed by atoms with E-state index in [0.29, 0.717) is 0 Å². The molecule has 0 saturated heterocycles. The van der Waals surface area contributed by atoms with E-state index in [1.54, 1.807) is 0 Å². The summed E-state index contributed by atoms with van der Waals surface area (Å²) in [6.07, 6.45) is -8.51. The highest BCUT2D eigenvalue weighted by atomic mass is 16.4. The Kier molecular flexibility index (Phi) is 53.3. The number of aliphatic carboxylic acids is 1. The van der Waals surface area contributed by atoms with Gasteiger partial charge < -0.3 is 107 Å². The Labute approximate surface area is 290 Å². The Balaban J connectivity index is -0.000000116. The van der Waals surface area contributed by atoms with Crippen LogP contribution in [0.25, 0.3) is 0 Å². The summed E-state index contributed by atoms with van der Waals surface area (Å²) >= 11 is 0. The monoisotopic (exact) mass is 754 g/mol. The number of carboxylic acid groups (broad SMARTS) is 1. The summed E-state index contributed by atoms with van der Waals surface area (Å²) in [6.45, 7) is -1.26. The van der Waals surface area contributed by atoms with Crippen molar-refractivity contribution in [1.82, 2.24) is 0 Å². The average Bonchev–Trinajstić information content (AvgIpc) is 3.15. The first-order valence-electron chi connectivity index (χ1n) is 15.4. The molecule has 0 aromatic rings. The lowest BCUT2D eigenvalue weighted by atomic mass is 10.00. The van der Waals surface area contributed by atoms with Gasteiger partial charge in [-0.1, -0.05) is 26.7 Å². The molecule has 0 spiro atoms. The van der Waals surface area contributed by atoms with E-state index in [1.165, 1.54) is 0 Å². The standard InChI is InChI=1S/C8H16O2.5C4H10O4/c1-3-5-6-7(4-2)8(9)10;5*5-1-3(7)4(8)2-6/h7H,3-6H2,1-2H3,(H,9,10);5*3-8H,1-2H2/t;5*3-,4+. The number of unbranched alkanes of at least 4 members (excludes halogenated alkanes) is 1. The SMILES string of the molecule is CCCCC(CC)C(=O)O.OC[C@@H](O)[C@@H](O)CO.OC[C@@H](O)[C@@H](O)CO.OC[C@@H](O)[C@@H](O)CO.OC[C@@H](O)[C@@H](O)CO.OC[C@@H](O)[C@@H](O)CO. The molecule has 310 valence electrons. The van der Waals surface area contributed by atoms with Gasteiger partial charge in [0.2, 0.25) is 0 Å². The number of aliphatic hydroxyl groups is 20. The molecule has 0 aromatic carbocycles. The summed E-state index contributed by atoms with van der Waals surface area (Å²) in [4.78, 5) is 10.4. The third kappa shape index (κ3) is 41.1. The number of carbonyl (C=O) groups is 1. The van der Waals surface area contributed by atoms with Crippen molar-refractivity contribution in [3.63, 3.8) is 0 Å². The van der Waals surface area contributed by atoms with Gasteiger partial charge in [-0.15, -0.1) is 0 Å². The van der Waals surface area contributed by atoms with Crippen LogP contribution in [-0.4, -0.2) is 240 Å². The number of hydrogen-bond donors (Lipinski definition) is 21. The van der Waals surface area contributed by atoms with E-state index in [2.05, 4.69) is 6.92 Å². The van der Waals surface area contributed by atoms with Crippen LogP contribution in [0.1, 0.15) is 39.5 Å². The Morgan fingerprint density at radius 2 is 0.540 bits per heavy atom. The summed E-state index contributed by atoms with van der Waals surface area (Å²) in [6, 6.07) is 0. The minimum absolute atomic E-state index is 0.111. The maximum absolute atomic E-state index is 10.4. The molecule has 1 unspecified atom stereocenters. The van der Waals surface area contributed by atoms with Crippen LogP contribution in [0, 0.1) is 5.92 Å². The predicted octanol–water partition coefficient (Wildman–Crippen LogP) is -9.25. The summed E-state index contributed by atoms with van der Waals surface area (Å²) in [5.41, 5.74) is 0. The molecule has 0 aromatic heterocycles. The second-order valence-electron chi connectivity index (χ2n) is 10.1. The second kappa shape index (κ2) is 43.8. The van der Waals surface area contributed by atoms with Crippen LogP contribution < -0.4 is 0 Å². The van der Waals surface area contributed by atoms with Crippen LogP contribution in [-0.2, 0) is 4.79 Å². The molecule has 0 heterocycles. The summed E-state index contributed by atoms with van der Waals surface area (Å²) in [5.74, 6) is -0.754. The fourth-order valence-corrected chi connectivity index (χ4v) is 2.17. The average molecular weight is 755 g/mol. The molecule has 22 heteroatoms. The molecule has 0 aliphatic rings. The van der Waals surface area contributed by atoms with Crippen molar-refractivity contribution in [2.45, 2.75) is 101 Å². The Morgan fingerprint density at radius 1 is 0.380 bits per heavy atom. The highest BCUT2D eigenvalue weighted by Gasteiger charge is 2.15. The van der Waals surface area contributed by atoms with E-state index in [0.717, 1.165) is 25.7 Å². The first-order valence-corrected chi connectivity index (χ1v) is 15.4. The molecule has 0 radical (unpaired) electrons. The maximum Gasteiger partial charge on any atom is 0.306 e. The first-order chi connectivity index (χ1) is 23.3. The Morgan fingerprint density at radius 3 is 0.620 bits per heavy atom. The normalized spacial score (nSPS) is 17.0. The van der Waals surface area contributed by atoms with E-state index < -0.39 is 133 Å². The molecular weight excluding hydrogens is 688 g/mol. The van der Waals surface area contributed by atoms with Crippen LogP contribution >= 0.6 is 0 Å². The molecule has 0 aliphatic heterocycles. The van der Waals surface area contributed by atoms with Crippen LogP contribution in [0.3, 0.4) is 0 Å². The summed E-state index contributed by atoms with van der Waals surface area (Å²) < 4.78 is 0. The third-order valence-corrected chi connectivity index (χ3v) is 5.84. The minimum Gasteiger partial charge on any atom is -0.481 e. The summed E-state index contributed by atoms with van der Waals surface area (Å²) in [7, 11) is 0. The Bertz CT molecular complexity index is 520. The third-order valence-electron chi connectivity index (χ3n) is 5.84. The van der Waals surface area contributed by atoms with Crippen LogP contribution in [0.4, 0.5) is 0 Å². The van der Waals surface area contributed by atoms with Gasteiger partial charge in [0.1, 0.15) is 61.0 Å². The molecule has 0 amide bonds. The van der Waals surface area contributed by atoms with Crippen molar-refractivity contribution in [3.05, 3.63) is 0 Å². The van der Waals surface area contributed by atoms with E-state index in [4.69, 9.17) is 107 Å². The van der Waals surface area contributed by atoms with Crippen molar-refractivity contribution in [2.75, 3.05) is 66.1 Å². The fourth-order valence-electron chi connectivity index (χ4n) is 2.17. The largest absolute Gasteiger partial charge is 0.481 e. The highest BCUT2D eigenvalue weighted by Crippen LogP contribution is 2.11. The van der Waals surface area contributed by atoms with Gasteiger partial charge in [-0.2, -0.15) is 0 Å². The van der Waals surface area contributed by atoms with Gasteiger partial charge in [0.05, 0.1) is 72.0 Å². The van der Waals surface area contributed by atoms with Crippen LogP contribution in [0.15, 0.2) is 0 Å². The molecule has 0 saturated carbocycles. The molecule has 21 N–H and O–H groups in total. The van der Waals surface area contributed by atoms with Crippen molar-refractivity contribution in [2.24, 2.45) is 5.92 Å². The van der Waals surface area contributed by atoms with Gasteiger partial charge in [-0.25, -0.2) is 0 Å². The number of rotatable bonds is 20. The van der Waals surface area contributed by atoms with Crippen molar-refractivity contribution >= 4 is 5.97 Å². The first kappa shape index (κ1) is 60.7.